The van der Waals surface area contributed by atoms with E-state index in [9.17, 15) is 13.2 Å². The second-order valence-corrected chi connectivity index (χ2v) is 7.46. The number of amides is 1. The molecule has 2 rings (SSSR count). The highest BCUT2D eigenvalue weighted by atomic mass is 32.2. The number of aryl methyl sites for hydroxylation is 1. The summed E-state index contributed by atoms with van der Waals surface area (Å²) in [5.41, 5.74) is 5.81. The van der Waals surface area contributed by atoms with Crippen LogP contribution in [0.25, 0.3) is 0 Å². The van der Waals surface area contributed by atoms with Gasteiger partial charge in [-0.15, -0.1) is 11.3 Å². The lowest BCUT2D eigenvalue weighted by atomic mass is 10.1. The third-order valence-corrected chi connectivity index (χ3v) is 5.59. The molecule has 1 aromatic heterocycles. The van der Waals surface area contributed by atoms with Crippen LogP contribution in [0.5, 0.6) is 0 Å². The standard InChI is InChI=1S/C13H14N2O3S2/c1-9-7-8-11(19-9)20(17,18)15-12(13(14)16)10-5-3-2-4-6-10/h2-8,12,15H,1H3,(H2,14,16). The minimum atomic E-state index is -3.76. The molecule has 0 aliphatic carbocycles. The molecule has 20 heavy (non-hydrogen) atoms. The van der Waals surface area contributed by atoms with Gasteiger partial charge in [0.25, 0.3) is 10.0 Å². The SMILES string of the molecule is Cc1ccc(S(=O)(=O)NC(C(N)=O)c2ccccc2)s1. The van der Waals surface area contributed by atoms with E-state index in [0.29, 0.717) is 5.56 Å². The monoisotopic (exact) mass is 310 g/mol. The zero-order valence-corrected chi connectivity index (χ0v) is 12.4. The van der Waals surface area contributed by atoms with E-state index in [-0.39, 0.29) is 4.21 Å². The Bertz CT molecular complexity index is 708. The number of carbonyl (C=O) groups excluding carboxylic acids is 1. The molecule has 7 heteroatoms. The van der Waals surface area contributed by atoms with Gasteiger partial charge in [0.15, 0.2) is 0 Å². The fraction of sp³-hybridized carbons (Fsp3) is 0.154. The summed E-state index contributed by atoms with van der Waals surface area (Å²) in [6.45, 7) is 1.81. The number of hydrogen-bond donors (Lipinski definition) is 2. The molecule has 0 bridgehead atoms. The van der Waals surface area contributed by atoms with E-state index >= 15 is 0 Å². The van der Waals surface area contributed by atoms with Crippen molar-refractivity contribution in [2.45, 2.75) is 17.2 Å². The largest absolute Gasteiger partial charge is 0.368 e. The van der Waals surface area contributed by atoms with Gasteiger partial charge in [-0.1, -0.05) is 30.3 Å². The first-order valence-electron chi connectivity index (χ1n) is 5.83. The highest BCUT2D eigenvalue weighted by Crippen LogP contribution is 2.23. The molecule has 0 saturated carbocycles. The molecular weight excluding hydrogens is 296 g/mol. The normalized spacial score (nSPS) is 13.1. The average Bonchev–Trinajstić information content (AvgIpc) is 2.84. The Morgan fingerprint density at radius 1 is 1.20 bits per heavy atom. The van der Waals surface area contributed by atoms with Gasteiger partial charge in [-0.2, -0.15) is 4.72 Å². The molecule has 1 aromatic carbocycles. The molecule has 1 heterocycles. The van der Waals surface area contributed by atoms with Gasteiger partial charge >= 0.3 is 0 Å². The van der Waals surface area contributed by atoms with Gasteiger partial charge in [0.2, 0.25) is 5.91 Å². The van der Waals surface area contributed by atoms with Gasteiger partial charge < -0.3 is 5.73 Å². The predicted molar refractivity (Wildman–Crippen MR) is 77.8 cm³/mol. The maximum Gasteiger partial charge on any atom is 0.251 e. The molecule has 0 spiro atoms. The number of nitrogens with one attached hydrogen (secondary N) is 1. The Labute approximate surface area is 121 Å². The predicted octanol–water partition coefficient (Wildman–Crippen LogP) is 1.56. The maximum absolute atomic E-state index is 12.2. The lowest BCUT2D eigenvalue weighted by Crippen LogP contribution is -2.37. The van der Waals surface area contributed by atoms with Crippen LogP contribution in [0.4, 0.5) is 0 Å². The Kier molecular flexibility index (Phi) is 4.22. The third-order valence-electron chi connectivity index (χ3n) is 2.67. The Hall–Kier alpha value is -1.70. The zero-order chi connectivity index (χ0) is 14.8. The molecule has 3 N–H and O–H groups in total. The van der Waals surface area contributed by atoms with Crippen LogP contribution in [0.2, 0.25) is 0 Å². The molecule has 1 unspecified atom stereocenters. The van der Waals surface area contributed by atoms with Crippen molar-refractivity contribution >= 4 is 27.3 Å². The number of hydrogen-bond acceptors (Lipinski definition) is 4. The van der Waals surface area contributed by atoms with E-state index in [0.717, 1.165) is 16.2 Å². The topological polar surface area (TPSA) is 89.3 Å². The molecule has 1 amide bonds. The third kappa shape index (κ3) is 3.24. The molecule has 0 fully saturated rings. The van der Waals surface area contributed by atoms with Crippen LogP contribution in [0.1, 0.15) is 16.5 Å². The van der Waals surface area contributed by atoms with Gasteiger partial charge in [-0.3, -0.25) is 4.79 Å². The second-order valence-electron chi connectivity index (χ2n) is 4.23. The van der Waals surface area contributed by atoms with Crippen molar-refractivity contribution < 1.29 is 13.2 Å². The van der Waals surface area contributed by atoms with Crippen molar-refractivity contribution in [3.63, 3.8) is 0 Å². The van der Waals surface area contributed by atoms with Gasteiger partial charge in [-0.05, 0) is 24.6 Å². The highest BCUT2D eigenvalue weighted by Gasteiger charge is 2.26. The Morgan fingerprint density at radius 3 is 2.35 bits per heavy atom. The first kappa shape index (κ1) is 14.7. The average molecular weight is 310 g/mol. The lowest BCUT2D eigenvalue weighted by Gasteiger charge is -2.15. The van der Waals surface area contributed by atoms with Gasteiger partial charge in [0, 0.05) is 4.88 Å². The molecule has 0 radical (unpaired) electrons. The number of sulfonamides is 1. The lowest BCUT2D eigenvalue weighted by molar-refractivity contribution is -0.119. The van der Waals surface area contributed by atoms with Crippen LogP contribution in [-0.4, -0.2) is 14.3 Å². The van der Waals surface area contributed by atoms with E-state index < -0.39 is 22.0 Å². The summed E-state index contributed by atoms with van der Waals surface area (Å²) in [4.78, 5) is 12.4. The first-order valence-corrected chi connectivity index (χ1v) is 8.13. The van der Waals surface area contributed by atoms with Crippen molar-refractivity contribution in [2.75, 3.05) is 0 Å². The summed E-state index contributed by atoms with van der Waals surface area (Å²) < 4.78 is 27.0. The van der Waals surface area contributed by atoms with E-state index in [1.165, 1.54) is 6.07 Å². The van der Waals surface area contributed by atoms with E-state index in [1.807, 2.05) is 6.92 Å². The van der Waals surface area contributed by atoms with Crippen LogP contribution in [0, 0.1) is 6.92 Å². The number of rotatable bonds is 5. The minimum absolute atomic E-state index is 0.164. The number of thiophene rings is 1. The fourth-order valence-electron chi connectivity index (χ4n) is 1.71. The van der Waals surface area contributed by atoms with E-state index in [2.05, 4.69) is 4.72 Å². The van der Waals surface area contributed by atoms with Crippen molar-refractivity contribution in [3.05, 3.63) is 52.9 Å². The zero-order valence-electron chi connectivity index (χ0n) is 10.7. The Morgan fingerprint density at radius 2 is 1.85 bits per heavy atom. The molecular formula is C13H14N2O3S2. The van der Waals surface area contributed by atoms with Crippen LogP contribution >= 0.6 is 11.3 Å². The highest BCUT2D eigenvalue weighted by molar-refractivity contribution is 7.91. The molecule has 0 aliphatic rings. The summed E-state index contributed by atoms with van der Waals surface area (Å²) >= 11 is 1.14. The second kappa shape index (κ2) is 5.74. The number of carbonyl (C=O) groups is 1. The van der Waals surface area contributed by atoms with Crippen molar-refractivity contribution in [2.24, 2.45) is 5.73 Å². The number of primary amides is 1. The summed E-state index contributed by atoms with van der Waals surface area (Å²) in [7, 11) is -3.76. The minimum Gasteiger partial charge on any atom is -0.368 e. The van der Waals surface area contributed by atoms with E-state index in [1.54, 1.807) is 36.4 Å². The molecule has 5 nitrogen and oxygen atoms in total. The van der Waals surface area contributed by atoms with Gasteiger partial charge in [0.05, 0.1) is 0 Å². The smallest absolute Gasteiger partial charge is 0.251 e. The van der Waals surface area contributed by atoms with Crippen LogP contribution in [0.15, 0.2) is 46.7 Å². The number of nitrogens with two attached hydrogens (primary N) is 1. The summed E-state index contributed by atoms with van der Waals surface area (Å²) in [5, 5.41) is 0. The maximum atomic E-state index is 12.2. The molecule has 1 atom stereocenters. The molecule has 2 aromatic rings. The van der Waals surface area contributed by atoms with Crippen molar-refractivity contribution in [1.29, 1.82) is 0 Å². The Balaban J connectivity index is 2.32. The summed E-state index contributed by atoms with van der Waals surface area (Å²) in [5.74, 6) is -0.743. The van der Waals surface area contributed by atoms with Crippen LogP contribution < -0.4 is 10.5 Å². The summed E-state index contributed by atoms with van der Waals surface area (Å²) in [6.07, 6.45) is 0. The quantitative estimate of drug-likeness (QED) is 0.878. The van der Waals surface area contributed by atoms with Crippen LogP contribution in [-0.2, 0) is 14.8 Å². The van der Waals surface area contributed by atoms with Crippen molar-refractivity contribution in [3.8, 4) is 0 Å². The van der Waals surface area contributed by atoms with Gasteiger partial charge in [0.1, 0.15) is 10.3 Å². The van der Waals surface area contributed by atoms with Gasteiger partial charge in [-0.25, -0.2) is 8.42 Å². The first-order chi connectivity index (χ1) is 9.40. The van der Waals surface area contributed by atoms with E-state index in [4.69, 9.17) is 5.73 Å². The molecule has 0 aliphatic heterocycles. The summed E-state index contributed by atoms with van der Waals surface area (Å²) in [6, 6.07) is 10.6. The number of benzene rings is 1. The fourth-order valence-corrected chi connectivity index (χ4v) is 4.20. The van der Waals surface area contributed by atoms with Crippen LogP contribution in [0.3, 0.4) is 0 Å². The van der Waals surface area contributed by atoms with Crippen molar-refractivity contribution in [1.82, 2.24) is 4.72 Å². The molecule has 106 valence electrons. The molecule has 0 saturated heterocycles.